The Balaban J connectivity index is 1.72. The fraction of sp³-hybridized carbons (Fsp3) is 0.533. The molecule has 21 heavy (non-hydrogen) atoms. The Kier molecular flexibility index (Phi) is 6.68. The lowest BCUT2D eigenvalue weighted by atomic mass is 10.1. The molecule has 2 rings (SSSR count). The zero-order valence-corrected chi connectivity index (χ0v) is 14.4. The van der Waals surface area contributed by atoms with E-state index in [4.69, 9.17) is 23.2 Å². The second kappa shape index (κ2) is 8.28. The molecule has 1 amide bonds. The van der Waals surface area contributed by atoms with Crippen molar-refractivity contribution in [3.8, 4) is 0 Å². The van der Waals surface area contributed by atoms with Gasteiger partial charge in [-0.15, -0.1) is 11.8 Å². The fourth-order valence-corrected chi connectivity index (χ4v) is 3.91. The minimum absolute atomic E-state index is 0.0951. The SMILES string of the molecule is CN1CCC(NC(=O)CSCc2c(Cl)cccc2Cl)CC1. The first-order valence-electron chi connectivity index (χ1n) is 7.05. The molecule has 6 heteroatoms. The first kappa shape index (κ1) is 16.9. The van der Waals surface area contributed by atoms with Gasteiger partial charge in [0.05, 0.1) is 5.75 Å². The summed E-state index contributed by atoms with van der Waals surface area (Å²) in [6.07, 6.45) is 2.06. The smallest absolute Gasteiger partial charge is 0.230 e. The van der Waals surface area contributed by atoms with E-state index < -0.39 is 0 Å². The van der Waals surface area contributed by atoms with E-state index in [0.717, 1.165) is 31.5 Å². The molecule has 1 aliphatic heterocycles. The van der Waals surface area contributed by atoms with Gasteiger partial charge in [-0.05, 0) is 50.7 Å². The summed E-state index contributed by atoms with van der Waals surface area (Å²) in [6, 6.07) is 5.79. The van der Waals surface area contributed by atoms with Gasteiger partial charge in [-0.3, -0.25) is 4.79 Å². The number of nitrogens with zero attached hydrogens (tertiary/aromatic N) is 1. The highest BCUT2D eigenvalue weighted by Crippen LogP contribution is 2.28. The lowest BCUT2D eigenvalue weighted by Gasteiger charge is -2.29. The van der Waals surface area contributed by atoms with E-state index >= 15 is 0 Å². The van der Waals surface area contributed by atoms with Crippen molar-refractivity contribution in [1.29, 1.82) is 0 Å². The van der Waals surface area contributed by atoms with Crippen molar-refractivity contribution >= 4 is 40.9 Å². The normalized spacial score (nSPS) is 16.9. The summed E-state index contributed by atoms with van der Waals surface area (Å²) < 4.78 is 0. The largest absolute Gasteiger partial charge is 0.353 e. The van der Waals surface area contributed by atoms with E-state index in [2.05, 4.69) is 17.3 Å². The predicted molar refractivity (Wildman–Crippen MR) is 91.3 cm³/mol. The van der Waals surface area contributed by atoms with E-state index in [1.165, 1.54) is 0 Å². The number of hydrogen-bond donors (Lipinski definition) is 1. The highest BCUT2D eigenvalue weighted by Gasteiger charge is 2.18. The molecule has 1 saturated heterocycles. The predicted octanol–water partition coefficient (Wildman–Crippen LogP) is 3.44. The maximum Gasteiger partial charge on any atom is 0.230 e. The molecule has 0 atom stereocenters. The van der Waals surface area contributed by atoms with Gasteiger partial charge in [-0.25, -0.2) is 0 Å². The van der Waals surface area contributed by atoms with E-state index in [9.17, 15) is 4.79 Å². The summed E-state index contributed by atoms with van der Waals surface area (Å²) in [5.41, 5.74) is 0.901. The molecule has 3 nitrogen and oxygen atoms in total. The Morgan fingerprint density at radius 1 is 1.33 bits per heavy atom. The summed E-state index contributed by atoms with van der Waals surface area (Å²) in [5.74, 6) is 1.19. The second-order valence-electron chi connectivity index (χ2n) is 5.34. The molecule has 116 valence electrons. The molecule has 1 aromatic carbocycles. The molecule has 1 heterocycles. The van der Waals surface area contributed by atoms with Crippen LogP contribution < -0.4 is 5.32 Å². The first-order valence-corrected chi connectivity index (χ1v) is 8.96. The first-order chi connectivity index (χ1) is 10.1. The Hall–Kier alpha value is -0.420. The molecule has 1 aromatic rings. The zero-order valence-electron chi connectivity index (χ0n) is 12.1. The average molecular weight is 347 g/mol. The monoisotopic (exact) mass is 346 g/mol. The van der Waals surface area contributed by atoms with Crippen molar-refractivity contribution < 1.29 is 4.79 Å². The Labute approximate surface area is 140 Å². The average Bonchev–Trinajstić information content (AvgIpc) is 2.45. The third kappa shape index (κ3) is 5.37. The van der Waals surface area contributed by atoms with Gasteiger partial charge in [0.2, 0.25) is 5.91 Å². The van der Waals surface area contributed by atoms with Crippen LogP contribution in [0, 0.1) is 0 Å². The number of amides is 1. The summed E-state index contributed by atoms with van der Waals surface area (Å²) in [5, 5.41) is 4.42. The van der Waals surface area contributed by atoms with Gasteiger partial charge in [0.15, 0.2) is 0 Å². The highest BCUT2D eigenvalue weighted by molar-refractivity contribution is 7.99. The van der Waals surface area contributed by atoms with Crippen LogP contribution in [0.3, 0.4) is 0 Å². The molecular weight excluding hydrogens is 327 g/mol. The molecule has 1 fully saturated rings. The van der Waals surface area contributed by atoms with Crippen LogP contribution in [0.1, 0.15) is 18.4 Å². The Bertz CT molecular complexity index is 470. The molecule has 0 saturated carbocycles. The van der Waals surface area contributed by atoms with Crippen molar-refractivity contribution in [3.63, 3.8) is 0 Å². The van der Waals surface area contributed by atoms with Crippen LogP contribution in [0.25, 0.3) is 0 Å². The van der Waals surface area contributed by atoms with Crippen molar-refractivity contribution in [1.82, 2.24) is 10.2 Å². The van der Waals surface area contributed by atoms with E-state index in [0.29, 0.717) is 27.6 Å². The maximum absolute atomic E-state index is 11.9. The summed E-state index contributed by atoms with van der Waals surface area (Å²) >= 11 is 13.8. The molecule has 0 bridgehead atoms. The fourth-order valence-electron chi connectivity index (χ4n) is 2.34. The third-order valence-corrected chi connectivity index (χ3v) is 5.29. The number of rotatable bonds is 5. The van der Waals surface area contributed by atoms with Crippen LogP contribution in [0.4, 0.5) is 0 Å². The third-order valence-electron chi connectivity index (χ3n) is 3.62. The van der Waals surface area contributed by atoms with E-state index in [1.54, 1.807) is 11.8 Å². The topological polar surface area (TPSA) is 32.3 Å². The van der Waals surface area contributed by atoms with Crippen LogP contribution in [0.2, 0.25) is 10.0 Å². The lowest BCUT2D eigenvalue weighted by Crippen LogP contribution is -2.43. The number of carbonyl (C=O) groups excluding carboxylic acids is 1. The van der Waals surface area contributed by atoms with Crippen LogP contribution in [-0.4, -0.2) is 42.7 Å². The van der Waals surface area contributed by atoms with Crippen molar-refractivity contribution in [2.45, 2.75) is 24.6 Å². The van der Waals surface area contributed by atoms with Crippen molar-refractivity contribution in [2.24, 2.45) is 0 Å². The minimum Gasteiger partial charge on any atom is -0.353 e. The van der Waals surface area contributed by atoms with Crippen LogP contribution in [0.5, 0.6) is 0 Å². The number of likely N-dealkylation sites (tertiary alicyclic amines) is 1. The molecule has 1 N–H and O–H groups in total. The van der Waals surface area contributed by atoms with Gasteiger partial charge in [0, 0.05) is 21.8 Å². The number of nitrogens with one attached hydrogen (secondary N) is 1. The highest BCUT2D eigenvalue weighted by atomic mass is 35.5. The van der Waals surface area contributed by atoms with Crippen LogP contribution >= 0.6 is 35.0 Å². The quantitative estimate of drug-likeness (QED) is 0.886. The molecule has 0 radical (unpaired) electrons. The van der Waals surface area contributed by atoms with Crippen molar-refractivity contribution in [3.05, 3.63) is 33.8 Å². The molecule has 1 aliphatic rings. The maximum atomic E-state index is 11.9. The van der Waals surface area contributed by atoms with Crippen LogP contribution in [0.15, 0.2) is 18.2 Å². The van der Waals surface area contributed by atoms with Crippen molar-refractivity contribution in [2.75, 3.05) is 25.9 Å². The molecule has 0 spiro atoms. The summed E-state index contributed by atoms with van der Waals surface area (Å²) in [6.45, 7) is 2.10. The van der Waals surface area contributed by atoms with Gasteiger partial charge in [0.1, 0.15) is 0 Å². The standard InChI is InChI=1S/C15H20Cl2N2OS/c1-19-7-5-11(6-8-19)18-15(20)10-21-9-12-13(16)3-2-4-14(12)17/h2-4,11H,5-10H2,1H3,(H,18,20). The van der Waals surface area contributed by atoms with E-state index in [1.807, 2.05) is 18.2 Å². The summed E-state index contributed by atoms with van der Waals surface area (Å²) in [7, 11) is 2.11. The van der Waals surface area contributed by atoms with Gasteiger partial charge in [0.25, 0.3) is 0 Å². The lowest BCUT2D eigenvalue weighted by molar-refractivity contribution is -0.119. The Morgan fingerprint density at radius 3 is 2.57 bits per heavy atom. The van der Waals surface area contributed by atoms with Gasteiger partial charge < -0.3 is 10.2 Å². The molecule has 0 unspecified atom stereocenters. The number of hydrogen-bond acceptors (Lipinski definition) is 3. The molecular formula is C15H20Cl2N2OS. The number of halogens is 2. The van der Waals surface area contributed by atoms with Gasteiger partial charge in [-0.1, -0.05) is 29.3 Å². The van der Waals surface area contributed by atoms with Gasteiger partial charge >= 0.3 is 0 Å². The Morgan fingerprint density at radius 2 is 1.95 bits per heavy atom. The van der Waals surface area contributed by atoms with Gasteiger partial charge in [-0.2, -0.15) is 0 Å². The molecule has 0 aliphatic carbocycles. The summed E-state index contributed by atoms with van der Waals surface area (Å²) in [4.78, 5) is 14.2. The van der Waals surface area contributed by atoms with Crippen LogP contribution in [-0.2, 0) is 10.5 Å². The second-order valence-corrected chi connectivity index (χ2v) is 7.14. The number of carbonyl (C=O) groups is 1. The van der Waals surface area contributed by atoms with E-state index in [-0.39, 0.29) is 5.91 Å². The molecule has 0 aromatic heterocycles. The zero-order chi connectivity index (χ0) is 15.2. The number of piperidine rings is 1. The number of benzene rings is 1. The minimum atomic E-state index is 0.0951. The number of thioether (sulfide) groups is 1.